The monoisotopic (exact) mass is 471 g/mol. The van der Waals surface area contributed by atoms with Crippen LogP contribution < -0.4 is 4.74 Å². The molecule has 4 rings (SSSR count). The van der Waals surface area contributed by atoms with Crippen LogP contribution in [0.5, 0.6) is 5.75 Å². The van der Waals surface area contributed by atoms with E-state index >= 15 is 0 Å². The summed E-state index contributed by atoms with van der Waals surface area (Å²) in [6.45, 7) is 3.08. The van der Waals surface area contributed by atoms with Crippen LogP contribution in [0.15, 0.2) is 53.7 Å². The van der Waals surface area contributed by atoms with Crippen molar-refractivity contribution in [3.05, 3.63) is 59.2 Å². The summed E-state index contributed by atoms with van der Waals surface area (Å²) >= 11 is 7.35. The van der Waals surface area contributed by atoms with Gasteiger partial charge in [0.25, 0.3) is 0 Å². The van der Waals surface area contributed by atoms with Crippen LogP contribution in [-0.2, 0) is 9.53 Å². The number of fused-ring (bicyclic) bond motifs is 1. The fourth-order valence-corrected chi connectivity index (χ4v) is 4.29. The maximum absolute atomic E-state index is 12.7. The highest BCUT2D eigenvalue weighted by Crippen LogP contribution is 2.24. The van der Waals surface area contributed by atoms with Gasteiger partial charge in [-0.1, -0.05) is 35.5 Å². The Morgan fingerprint density at radius 1 is 1.25 bits per heavy atom. The second kappa shape index (κ2) is 10.3. The number of nitrogens with zero attached hydrogens (tertiary/aromatic N) is 3. The SMILES string of the molecule is CC(=O)c1cc(Cl)ccc1OCC1CN(C(=O)CSc2cnc3ccccc3n2)CCO1. The number of benzene rings is 2. The van der Waals surface area contributed by atoms with Gasteiger partial charge in [0, 0.05) is 11.6 Å². The zero-order chi connectivity index (χ0) is 22.5. The van der Waals surface area contributed by atoms with E-state index in [0.717, 1.165) is 11.0 Å². The average molecular weight is 472 g/mol. The van der Waals surface area contributed by atoms with Crippen molar-refractivity contribution in [2.75, 3.05) is 32.1 Å². The minimum atomic E-state index is -0.284. The quantitative estimate of drug-likeness (QED) is 0.382. The van der Waals surface area contributed by atoms with Crippen LogP contribution in [0.2, 0.25) is 5.02 Å². The summed E-state index contributed by atoms with van der Waals surface area (Å²) in [6.07, 6.45) is 1.41. The first kappa shape index (κ1) is 22.5. The first-order valence-electron chi connectivity index (χ1n) is 10.2. The van der Waals surface area contributed by atoms with Crippen molar-refractivity contribution >= 4 is 46.1 Å². The third-order valence-electron chi connectivity index (χ3n) is 5.01. The summed E-state index contributed by atoms with van der Waals surface area (Å²) < 4.78 is 11.6. The maximum Gasteiger partial charge on any atom is 0.233 e. The Bertz CT molecular complexity index is 1140. The molecule has 1 atom stereocenters. The highest BCUT2D eigenvalue weighted by atomic mass is 35.5. The van der Waals surface area contributed by atoms with Crippen LogP contribution in [-0.4, -0.2) is 64.7 Å². The second-order valence-electron chi connectivity index (χ2n) is 7.33. The third-order valence-corrected chi connectivity index (χ3v) is 6.13. The van der Waals surface area contributed by atoms with Crippen LogP contribution in [0.25, 0.3) is 11.0 Å². The van der Waals surface area contributed by atoms with Gasteiger partial charge >= 0.3 is 0 Å². The van der Waals surface area contributed by atoms with E-state index in [2.05, 4.69) is 9.97 Å². The van der Waals surface area contributed by atoms with Gasteiger partial charge in [-0.3, -0.25) is 14.6 Å². The van der Waals surface area contributed by atoms with E-state index in [1.165, 1.54) is 18.7 Å². The van der Waals surface area contributed by atoms with Gasteiger partial charge in [-0.05, 0) is 37.3 Å². The summed E-state index contributed by atoms with van der Waals surface area (Å²) in [5, 5.41) is 1.19. The van der Waals surface area contributed by atoms with Crippen molar-refractivity contribution in [2.45, 2.75) is 18.1 Å². The first-order valence-corrected chi connectivity index (χ1v) is 11.5. The van der Waals surface area contributed by atoms with Crippen LogP contribution >= 0.6 is 23.4 Å². The fourth-order valence-electron chi connectivity index (χ4n) is 3.37. The van der Waals surface area contributed by atoms with E-state index in [9.17, 15) is 9.59 Å². The second-order valence-corrected chi connectivity index (χ2v) is 8.76. The van der Waals surface area contributed by atoms with Gasteiger partial charge in [-0.25, -0.2) is 4.98 Å². The molecule has 2 aromatic carbocycles. The lowest BCUT2D eigenvalue weighted by molar-refractivity contribution is -0.137. The van der Waals surface area contributed by atoms with Gasteiger partial charge in [0.05, 0.1) is 41.7 Å². The molecule has 1 fully saturated rings. The topological polar surface area (TPSA) is 81.6 Å². The van der Waals surface area contributed by atoms with Crippen molar-refractivity contribution in [2.24, 2.45) is 0 Å². The minimum absolute atomic E-state index is 0.00850. The van der Waals surface area contributed by atoms with Crippen LogP contribution in [0, 0.1) is 0 Å². The molecule has 32 heavy (non-hydrogen) atoms. The molecular weight excluding hydrogens is 450 g/mol. The normalized spacial score (nSPS) is 16.2. The number of ether oxygens (including phenoxy) is 2. The summed E-state index contributed by atoms with van der Waals surface area (Å²) in [6, 6.07) is 12.6. The number of hydrogen-bond acceptors (Lipinski definition) is 7. The highest BCUT2D eigenvalue weighted by molar-refractivity contribution is 7.99. The van der Waals surface area contributed by atoms with Gasteiger partial charge in [-0.15, -0.1) is 0 Å². The zero-order valence-corrected chi connectivity index (χ0v) is 19.1. The van der Waals surface area contributed by atoms with Crippen molar-refractivity contribution in [3.8, 4) is 5.75 Å². The van der Waals surface area contributed by atoms with Gasteiger partial charge < -0.3 is 14.4 Å². The fraction of sp³-hybridized carbons (Fsp3) is 0.304. The third kappa shape index (κ3) is 5.56. The molecule has 1 aliphatic heterocycles. The molecule has 1 aromatic heterocycles. The number of amides is 1. The van der Waals surface area contributed by atoms with Crippen molar-refractivity contribution in [1.82, 2.24) is 14.9 Å². The Hall–Kier alpha value is -2.68. The molecule has 166 valence electrons. The lowest BCUT2D eigenvalue weighted by Crippen LogP contribution is -2.48. The molecule has 2 heterocycles. The predicted molar refractivity (Wildman–Crippen MR) is 124 cm³/mol. The molecule has 0 bridgehead atoms. The number of rotatable bonds is 7. The van der Waals surface area contributed by atoms with E-state index in [4.69, 9.17) is 21.1 Å². The molecular formula is C23H22ClN3O4S. The van der Waals surface area contributed by atoms with E-state index in [-0.39, 0.29) is 30.2 Å². The number of ketones is 1. The van der Waals surface area contributed by atoms with Gasteiger partial charge in [0.2, 0.25) is 5.91 Å². The number of carbonyl (C=O) groups is 2. The highest BCUT2D eigenvalue weighted by Gasteiger charge is 2.25. The first-order chi connectivity index (χ1) is 15.5. The standard InChI is InChI=1S/C23H22ClN3O4S/c1-15(28)18-10-16(24)6-7-21(18)31-13-17-12-27(8-9-30-17)23(29)14-32-22-11-25-19-4-2-3-5-20(19)26-22/h2-7,10-11,17H,8-9,12-14H2,1H3. The number of Topliss-reactive ketones (excluding diaryl/α,β-unsaturated/α-hetero) is 1. The summed E-state index contributed by atoms with van der Waals surface area (Å²) in [5.41, 5.74) is 2.06. The van der Waals surface area contributed by atoms with Gasteiger partial charge in [0.1, 0.15) is 23.5 Å². The number of halogens is 1. The Morgan fingerprint density at radius 3 is 2.88 bits per heavy atom. The number of carbonyl (C=O) groups excluding carboxylic acids is 2. The van der Waals surface area contributed by atoms with E-state index in [0.29, 0.717) is 41.1 Å². The Kier molecular flexibility index (Phi) is 7.24. The van der Waals surface area contributed by atoms with E-state index in [1.54, 1.807) is 29.3 Å². The van der Waals surface area contributed by atoms with E-state index in [1.807, 2.05) is 24.3 Å². The van der Waals surface area contributed by atoms with E-state index < -0.39 is 0 Å². The number of hydrogen-bond donors (Lipinski definition) is 0. The lowest BCUT2D eigenvalue weighted by Gasteiger charge is -2.33. The minimum Gasteiger partial charge on any atom is -0.490 e. The molecule has 9 heteroatoms. The molecule has 0 spiro atoms. The molecule has 1 amide bonds. The Labute approximate surface area is 195 Å². The molecule has 0 aliphatic carbocycles. The lowest BCUT2D eigenvalue weighted by atomic mass is 10.1. The molecule has 1 saturated heterocycles. The smallest absolute Gasteiger partial charge is 0.233 e. The van der Waals surface area contributed by atoms with Crippen molar-refractivity contribution in [3.63, 3.8) is 0 Å². The molecule has 0 saturated carbocycles. The Balaban J connectivity index is 1.31. The number of morpholine rings is 1. The molecule has 1 unspecified atom stereocenters. The van der Waals surface area contributed by atoms with Crippen LogP contribution in [0.1, 0.15) is 17.3 Å². The molecule has 7 nitrogen and oxygen atoms in total. The summed E-state index contributed by atoms with van der Waals surface area (Å²) in [5.74, 6) is 0.609. The number of para-hydroxylation sites is 2. The molecule has 1 aliphatic rings. The maximum atomic E-state index is 12.7. The van der Waals surface area contributed by atoms with Gasteiger partial charge in [-0.2, -0.15) is 0 Å². The molecule has 0 radical (unpaired) electrons. The molecule has 0 N–H and O–H groups in total. The number of thioether (sulfide) groups is 1. The van der Waals surface area contributed by atoms with Crippen LogP contribution in [0.3, 0.4) is 0 Å². The molecule has 3 aromatic rings. The summed E-state index contributed by atoms with van der Waals surface area (Å²) in [7, 11) is 0. The predicted octanol–water partition coefficient (Wildman–Crippen LogP) is 3.88. The largest absolute Gasteiger partial charge is 0.490 e. The average Bonchev–Trinajstić information content (AvgIpc) is 2.81. The summed E-state index contributed by atoms with van der Waals surface area (Å²) in [4.78, 5) is 35.3. The van der Waals surface area contributed by atoms with Crippen molar-refractivity contribution in [1.29, 1.82) is 0 Å². The van der Waals surface area contributed by atoms with Crippen LogP contribution in [0.4, 0.5) is 0 Å². The zero-order valence-electron chi connectivity index (χ0n) is 17.5. The number of aromatic nitrogens is 2. The van der Waals surface area contributed by atoms with Crippen molar-refractivity contribution < 1.29 is 19.1 Å². The van der Waals surface area contributed by atoms with Gasteiger partial charge in [0.15, 0.2) is 5.78 Å². The Morgan fingerprint density at radius 2 is 2.06 bits per heavy atom.